The van der Waals surface area contributed by atoms with Gasteiger partial charge in [0.1, 0.15) is 17.7 Å². The molecule has 0 unspecified atom stereocenters. The van der Waals surface area contributed by atoms with Gasteiger partial charge in [0.25, 0.3) is 0 Å². The van der Waals surface area contributed by atoms with Crippen LogP contribution < -0.4 is 17.0 Å². The summed E-state index contributed by atoms with van der Waals surface area (Å²) >= 11 is 0. The SMILES string of the molecule is CC(C)(C)OC(=O)N[C@H](Cc1ccccc1)C(=O)N(Cc1ccc(C=NN)cc1)[C@@H](Cc1cccc(C=NN)c1)C(=O)O. The van der Waals surface area contributed by atoms with Gasteiger partial charge in [-0.1, -0.05) is 78.9 Å². The maximum absolute atomic E-state index is 14.3. The number of benzene rings is 3. The molecule has 11 nitrogen and oxygen atoms in total. The molecule has 2 amide bonds. The van der Waals surface area contributed by atoms with E-state index in [2.05, 4.69) is 15.5 Å². The Balaban J connectivity index is 2.04. The lowest BCUT2D eigenvalue weighted by Gasteiger charge is -2.33. The second-order valence-electron chi connectivity index (χ2n) is 11.0. The lowest BCUT2D eigenvalue weighted by molar-refractivity contribution is -0.151. The zero-order valence-electron chi connectivity index (χ0n) is 24.5. The predicted molar refractivity (Wildman–Crippen MR) is 165 cm³/mol. The van der Waals surface area contributed by atoms with E-state index in [1.807, 2.05) is 30.3 Å². The maximum atomic E-state index is 14.3. The third-order valence-electron chi connectivity index (χ3n) is 6.38. The Morgan fingerprint density at radius 3 is 2.09 bits per heavy atom. The number of carboxylic acid groups (broad SMARTS) is 1. The van der Waals surface area contributed by atoms with Crippen LogP contribution in [0.25, 0.3) is 0 Å². The first-order valence-corrected chi connectivity index (χ1v) is 13.7. The van der Waals surface area contributed by atoms with Gasteiger partial charge in [-0.05, 0) is 48.6 Å². The van der Waals surface area contributed by atoms with Crippen molar-refractivity contribution >= 4 is 30.4 Å². The number of nitrogens with zero attached hydrogens (tertiary/aromatic N) is 3. The van der Waals surface area contributed by atoms with Gasteiger partial charge in [-0.15, -0.1) is 0 Å². The van der Waals surface area contributed by atoms with Gasteiger partial charge in [0, 0.05) is 19.4 Å². The van der Waals surface area contributed by atoms with Crippen molar-refractivity contribution in [3.05, 3.63) is 107 Å². The van der Waals surface area contributed by atoms with Crippen molar-refractivity contribution < 1.29 is 24.2 Å². The zero-order valence-corrected chi connectivity index (χ0v) is 24.5. The quantitative estimate of drug-likeness (QED) is 0.143. The van der Waals surface area contributed by atoms with Crippen LogP contribution in [-0.4, -0.2) is 58.1 Å². The molecule has 0 fully saturated rings. The van der Waals surface area contributed by atoms with E-state index in [0.29, 0.717) is 16.7 Å². The normalized spacial score (nSPS) is 13.0. The first-order valence-electron chi connectivity index (χ1n) is 13.7. The number of carbonyl (C=O) groups is 3. The minimum atomic E-state index is -1.28. The Labute approximate surface area is 251 Å². The van der Waals surface area contributed by atoms with Crippen LogP contribution in [-0.2, 0) is 33.7 Å². The fourth-order valence-corrected chi connectivity index (χ4v) is 4.47. The summed E-state index contributed by atoms with van der Waals surface area (Å²) in [5.74, 6) is 8.79. The number of amides is 2. The fourth-order valence-electron chi connectivity index (χ4n) is 4.47. The van der Waals surface area contributed by atoms with Crippen LogP contribution in [0.4, 0.5) is 4.79 Å². The Hall–Kier alpha value is -5.19. The molecule has 226 valence electrons. The van der Waals surface area contributed by atoms with E-state index in [0.717, 1.165) is 11.1 Å². The van der Waals surface area contributed by atoms with Gasteiger partial charge in [-0.2, -0.15) is 10.2 Å². The van der Waals surface area contributed by atoms with Crippen molar-refractivity contribution in [2.75, 3.05) is 0 Å². The Morgan fingerprint density at radius 2 is 1.49 bits per heavy atom. The number of aliphatic carboxylic acids is 1. The first-order chi connectivity index (χ1) is 20.5. The van der Waals surface area contributed by atoms with E-state index in [4.69, 9.17) is 16.4 Å². The van der Waals surface area contributed by atoms with Crippen LogP contribution in [0.2, 0.25) is 0 Å². The molecule has 2 atom stereocenters. The summed E-state index contributed by atoms with van der Waals surface area (Å²) in [5, 5.41) is 20.2. The van der Waals surface area contributed by atoms with Crippen molar-refractivity contribution in [2.45, 2.75) is 57.8 Å². The number of rotatable bonds is 12. The van der Waals surface area contributed by atoms with Crippen LogP contribution >= 0.6 is 0 Å². The van der Waals surface area contributed by atoms with Gasteiger partial charge in [0.05, 0.1) is 12.4 Å². The van der Waals surface area contributed by atoms with Crippen LogP contribution in [0.5, 0.6) is 0 Å². The standard InChI is InChI=1S/C32H38N6O5/c1-32(2,3)43-31(42)37-27(17-22-8-5-4-6-9-22)29(39)38(21-24-14-12-23(13-15-24)19-35-33)28(30(40)41)18-25-10-7-11-26(16-25)20-36-34/h4-16,19-20,27-28H,17-18,21,33-34H2,1-3H3,(H,37,42)(H,40,41)/t27-,28+/m1/s1. The average molecular weight is 587 g/mol. The van der Waals surface area contributed by atoms with E-state index < -0.39 is 35.7 Å². The highest BCUT2D eigenvalue weighted by molar-refractivity contribution is 5.90. The topological polar surface area (TPSA) is 173 Å². The third-order valence-corrected chi connectivity index (χ3v) is 6.38. The minimum absolute atomic E-state index is 0.00423. The Morgan fingerprint density at radius 1 is 0.860 bits per heavy atom. The summed E-state index contributed by atoms with van der Waals surface area (Å²) in [6, 6.07) is 20.9. The predicted octanol–water partition coefficient (Wildman–Crippen LogP) is 3.43. The molecule has 0 aromatic heterocycles. The second-order valence-corrected chi connectivity index (χ2v) is 11.0. The Kier molecular flexibility index (Phi) is 11.4. The highest BCUT2D eigenvalue weighted by Crippen LogP contribution is 2.19. The van der Waals surface area contributed by atoms with Crippen LogP contribution in [0, 0.1) is 0 Å². The summed E-state index contributed by atoms with van der Waals surface area (Å²) in [6.07, 6.45) is 2.26. The van der Waals surface area contributed by atoms with Crippen molar-refractivity contribution in [3.63, 3.8) is 0 Å². The van der Waals surface area contributed by atoms with E-state index in [1.54, 1.807) is 69.3 Å². The number of ether oxygens (including phenoxy) is 1. The first kappa shape index (κ1) is 32.3. The van der Waals surface area contributed by atoms with Gasteiger partial charge in [0.15, 0.2) is 0 Å². The van der Waals surface area contributed by atoms with Gasteiger partial charge in [-0.3, -0.25) is 4.79 Å². The molecule has 43 heavy (non-hydrogen) atoms. The molecule has 0 saturated carbocycles. The van der Waals surface area contributed by atoms with Gasteiger partial charge in [0.2, 0.25) is 5.91 Å². The smallest absolute Gasteiger partial charge is 0.408 e. The van der Waals surface area contributed by atoms with Gasteiger partial charge < -0.3 is 31.7 Å². The van der Waals surface area contributed by atoms with E-state index in [1.165, 1.54) is 17.3 Å². The number of nitrogens with one attached hydrogen (secondary N) is 1. The van der Waals surface area contributed by atoms with Crippen LogP contribution in [0.1, 0.15) is 48.6 Å². The second kappa shape index (κ2) is 15.2. The number of hydrogen-bond acceptors (Lipinski definition) is 8. The molecule has 3 rings (SSSR count). The molecule has 0 heterocycles. The zero-order chi connectivity index (χ0) is 31.4. The van der Waals surface area contributed by atoms with E-state index >= 15 is 0 Å². The average Bonchev–Trinajstić information content (AvgIpc) is 2.95. The summed E-state index contributed by atoms with van der Waals surface area (Å²) in [4.78, 5) is 41.3. The number of alkyl carbamates (subject to hydrolysis) is 1. The number of carboxylic acids is 1. The third kappa shape index (κ3) is 10.3. The summed E-state index contributed by atoms with van der Waals surface area (Å²) in [5.41, 5.74) is 2.74. The maximum Gasteiger partial charge on any atom is 0.408 e. The van der Waals surface area contributed by atoms with Crippen molar-refractivity contribution in [2.24, 2.45) is 21.9 Å². The molecule has 0 saturated heterocycles. The van der Waals surface area contributed by atoms with E-state index in [-0.39, 0.29) is 19.4 Å². The lowest BCUT2D eigenvalue weighted by Crippen LogP contribution is -2.55. The molecule has 0 radical (unpaired) electrons. The number of carbonyl (C=O) groups excluding carboxylic acids is 2. The highest BCUT2D eigenvalue weighted by atomic mass is 16.6. The van der Waals surface area contributed by atoms with E-state index in [9.17, 15) is 19.5 Å². The molecule has 0 bridgehead atoms. The fraction of sp³-hybridized carbons (Fsp3) is 0.281. The molecule has 0 aliphatic heterocycles. The van der Waals surface area contributed by atoms with Crippen molar-refractivity contribution in [1.29, 1.82) is 0 Å². The molecule has 0 aliphatic rings. The molecular weight excluding hydrogens is 548 g/mol. The molecule has 3 aromatic rings. The highest BCUT2D eigenvalue weighted by Gasteiger charge is 2.35. The molecule has 0 spiro atoms. The van der Waals surface area contributed by atoms with Crippen LogP contribution in [0.15, 0.2) is 89.1 Å². The number of nitrogens with two attached hydrogens (primary N) is 2. The lowest BCUT2D eigenvalue weighted by atomic mass is 9.99. The van der Waals surface area contributed by atoms with Crippen molar-refractivity contribution in [3.8, 4) is 0 Å². The number of hydrogen-bond donors (Lipinski definition) is 4. The molecule has 0 aliphatic carbocycles. The number of hydrazone groups is 2. The Bertz CT molecular complexity index is 1430. The minimum Gasteiger partial charge on any atom is -0.480 e. The monoisotopic (exact) mass is 586 g/mol. The van der Waals surface area contributed by atoms with Gasteiger partial charge in [-0.25, -0.2) is 9.59 Å². The summed E-state index contributed by atoms with van der Waals surface area (Å²) in [6.45, 7) is 5.11. The van der Waals surface area contributed by atoms with Gasteiger partial charge >= 0.3 is 12.1 Å². The summed E-state index contributed by atoms with van der Waals surface area (Å²) < 4.78 is 5.45. The largest absolute Gasteiger partial charge is 0.480 e. The summed E-state index contributed by atoms with van der Waals surface area (Å²) in [7, 11) is 0. The molecule has 11 heteroatoms. The molecule has 6 N–H and O–H groups in total. The van der Waals surface area contributed by atoms with Crippen molar-refractivity contribution in [1.82, 2.24) is 10.2 Å². The molecular formula is C32H38N6O5. The van der Waals surface area contributed by atoms with Crippen LogP contribution in [0.3, 0.4) is 0 Å². The molecule has 3 aromatic carbocycles.